The molecule has 0 atom stereocenters. The standard InChI is InChI=1S/C20H19N3O5S/c1-27-15-8-9-16(18(12-15)28-2)20(24)21-14-6-4-13(5-7-14)17-10-11-19(23-22-17)29(3,25)26/h4-12H,1-3H3,(H,21,24). The minimum absolute atomic E-state index is 0.0847. The molecule has 8 nitrogen and oxygen atoms in total. The third kappa shape index (κ3) is 4.69. The largest absolute Gasteiger partial charge is 0.497 e. The molecule has 0 saturated carbocycles. The highest BCUT2D eigenvalue weighted by molar-refractivity contribution is 7.90. The minimum atomic E-state index is -3.40. The maximum absolute atomic E-state index is 12.6. The molecule has 3 rings (SSSR count). The molecule has 1 aromatic heterocycles. The quantitative estimate of drug-likeness (QED) is 0.662. The maximum atomic E-state index is 12.6. The van der Waals surface area contributed by atoms with Crippen LogP contribution in [0.5, 0.6) is 11.5 Å². The number of sulfone groups is 1. The van der Waals surface area contributed by atoms with Crippen molar-refractivity contribution in [1.82, 2.24) is 10.2 Å². The molecule has 150 valence electrons. The van der Waals surface area contributed by atoms with Gasteiger partial charge in [-0.05, 0) is 36.4 Å². The fraction of sp³-hybridized carbons (Fsp3) is 0.150. The molecule has 0 fully saturated rings. The Balaban J connectivity index is 1.76. The second-order valence-corrected chi connectivity index (χ2v) is 8.09. The van der Waals surface area contributed by atoms with E-state index in [4.69, 9.17) is 9.47 Å². The van der Waals surface area contributed by atoms with Gasteiger partial charge in [0.15, 0.2) is 14.9 Å². The summed E-state index contributed by atoms with van der Waals surface area (Å²) < 4.78 is 33.3. The lowest BCUT2D eigenvalue weighted by Crippen LogP contribution is -2.13. The first kappa shape index (κ1) is 20.3. The summed E-state index contributed by atoms with van der Waals surface area (Å²) in [6.07, 6.45) is 1.08. The molecule has 0 aliphatic heterocycles. The van der Waals surface area contributed by atoms with Gasteiger partial charge in [-0.15, -0.1) is 10.2 Å². The monoisotopic (exact) mass is 413 g/mol. The summed E-state index contributed by atoms with van der Waals surface area (Å²) in [5.41, 5.74) is 2.21. The number of rotatable bonds is 6. The van der Waals surface area contributed by atoms with Crippen LogP contribution in [0, 0.1) is 0 Å². The van der Waals surface area contributed by atoms with Crippen molar-refractivity contribution >= 4 is 21.4 Å². The Labute approximate surface area is 168 Å². The molecule has 3 aromatic rings. The fourth-order valence-corrected chi connectivity index (χ4v) is 3.08. The van der Waals surface area contributed by atoms with Gasteiger partial charge in [0.2, 0.25) is 0 Å². The highest BCUT2D eigenvalue weighted by atomic mass is 32.2. The van der Waals surface area contributed by atoms with E-state index in [0.29, 0.717) is 28.4 Å². The molecule has 0 saturated heterocycles. The van der Waals surface area contributed by atoms with Gasteiger partial charge < -0.3 is 14.8 Å². The van der Waals surface area contributed by atoms with Gasteiger partial charge in [0, 0.05) is 23.6 Å². The van der Waals surface area contributed by atoms with Crippen molar-refractivity contribution in [2.75, 3.05) is 25.8 Å². The van der Waals surface area contributed by atoms with Crippen molar-refractivity contribution in [2.24, 2.45) is 0 Å². The van der Waals surface area contributed by atoms with Crippen LogP contribution in [-0.2, 0) is 9.84 Å². The summed E-state index contributed by atoms with van der Waals surface area (Å²) in [7, 11) is -0.378. The van der Waals surface area contributed by atoms with E-state index in [0.717, 1.165) is 11.8 Å². The average molecular weight is 413 g/mol. The molecule has 0 aliphatic rings. The van der Waals surface area contributed by atoms with E-state index in [-0.39, 0.29) is 10.9 Å². The number of hydrogen-bond acceptors (Lipinski definition) is 7. The SMILES string of the molecule is COc1ccc(C(=O)Nc2ccc(-c3ccc(S(C)(=O)=O)nn3)cc2)c(OC)c1. The van der Waals surface area contributed by atoms with Crippen molar-refractivity contribution in [3.05, 3.63) is 60.2 Å². The van der Waals surface area contributed by atoms with Crippen molar-refractivity contribution in [3.8, 4) is 22.8 Å². The van der Waals surface area contributed by atoms with Crippen molar-refractivity contribution < 1.29 is 22.7 Å². The Morgan fingerprint density at radius 3 is 2.21 bits per heavy atom. The summed E-state index contributed by atoms with van der Waals surface area (Å²) in [5.74, 6) is 0.667. The second kappa shape index (κ2) is 8.27. The molecular formula is C20H19N3O5S. The Bertz CT molecular complexity index is 1130. The number of nitrogens with one attached hydrogen (secondary N) is 1. The lowest BCUT2D eigenvalue weighted by molar-refractivity contribution is 0.102. The van der Waals surface area contributed by atoms with Gasteiger partial charge in [-0.1, -0.05) is 12.1 Å². The van der Waals surface area contributed by atoms with E-state index in [1.54, 1.807) is 48.5 Å². The Morgan fingerprint density at radius 1 is 0.931 bits per heavy atom. The third-order valence-corrected chi connectivity index (χ3v) is 5.09. The number of aromatic nitrogens is 2. The van der Waals surface area contributed by atoms with Crippen LogP contribution in [0.3, 0.4) is 0 Å². The Hall–Kier alpha value is -3.46. The van der Waals surface area contributed by atoms with Crippen molar-refractivity contribution in [2.45, 2.75) is 5.03 Å². The predicted octanol–water partition coefficient (Wildman–Crippen LogP) is 2.82. The van der Waals surface area contributed by atoms with Crippen LogP contribution < -0.4 is 14.8 Å². The first-order valence-electron chi connectivity index (χ1n) is 8.49. The van der Waals surface area contributed by atoms with Gasteiger partial charge in [0.1, 0.15) is 11.5 Å². The van der Waals surface area contributed by atoms with Gasteiger partial charge in [0.05, 0.1) is 25.5 Å². The molecule has 0 radical (unpaired) electrons. The number of methoxy groups -OCH3 is 2. The molecule has 0 aliphatic carbocycles. The van der Waals surface area contributed by atoms with Gasteiger partial charge in [-0.3, -0.25) is 4.79 Å². The Kier molecular flexibility index (Phi) is 5.79. The summed E-state index contributed by atoms with van der Waals surface area (Å²) in [4.78, 5) is 12.6. The van der Waals surface area contributed by atoms with Gasteiger partial charge >= 0.3 is 0 Å². The average Bonchev–Trinajstić information content (AvgIpc) is 2.73. The number of ether oxygens (including phenoxy) is 2. The van der Waals surface area contributed by atoms with Crippen molar-refractivity contribution in [1.29, 1.82) is 0 Å². The zero-order chi connectivity index (χ0) is 21.0. The topological polar surface area (TPSA) is 107 Å². The number of amides is 1. The van der Waals surface area contributed by atoms with Gasteiger partial charge in [-0.25, -0.2) is 8.42 Å². The second-order valence-electron chi connectivity index (χ2n) is 6.13. The lowest BCUT2D eigenvalue weighted by atomic mass is 10.1. The number of benzene rings is 2. The molecule has 9 heteroatoms. The first-order valence-corrected chi connectivity index (χ1v) is 10.4. The normalized spacial score (nSPS) is 11.0. The first-order chi connectivity index (χ1) is 13.8. The molecule has 2 aromatic carbocycles. The number of carbonyl (C=O) groups is 1. The van der Waals surface area contributed by atoms with Crippen LogP contribution >= 0.6 is 0 Å². The zero-order valence-electron chi connectivity index (χ0n) is 16.0. The number of nitrogens with zero attached hydrogens (tertiary/aromatic N) is 2. The maximum Gasteiger partial charge on any atom is 0.259 e. The van der Waals surface area contributed by atoms with Crippen LogP contribution in [0.15, 0.2) is 59.6 Å². The zero-order valence-corrected chi connectivity index (χ0v) is 16.9. The van der Waals surface area contributed by atoms with E-state index in [9.17, 15) is 13.2 Å². The molecular weight excluding hydrogens is 394 g/mol. The highest BCUT2D eigenvalue weighted by Crippen LogP contribution is 2.26. The van der Waals surface area contributed by atoms with Crippen LogP contribution in [-0.4, -0.2) is 45.0 Å². The van der Waals surface area contributed by atoms with Crippen LogP contribution in [0.2, 0.25) is 0 Å². The van der Waals surface area contributed by atoms with E-state index in [1.165, 1.54) is 20.3 Å². The van der Waals surface area contributed by atoms with Crippen molar-refractivity contribution in [3.63, 3.8) is 0 Å². The molecule has 1 N–H and O–H groups in total. The van der Waals surface area contributed by atoms with E-state index in [1.807, 2.05) is 0 Å². The highest BCUT2D eigenvalue weighted by Gasteiger charge is 2.14. The summed E-state index contributed by atoms with van der Waals surface area (Å²) >= 11 is 0. The van der Waals surface area contributed by atoms with Crippen LogP contribution in [0.1, 0.15) is 10.4 Å². The fourth-order valence-electron chi connectivity index (χ4n) is 2.58. The molecule has 1 amide bonds. The summed E-state index contributed by atoms with van der Waals surface area (Å²) in [6.45, 7) is 0. The summed E-state index contributed by atoms with van der Waals surface area (Å²) in [6, 6.07) is 14.9. The number of carbonyl (C=O) groups excluding carboxylic acids is 1. The van der Waals surface area contributed by atoms with Gasteiger partial charge in [0.25, 0.3) is 5.91 Å². The molecule has 0 bridgehead atoms. The van der Waals surface area contributed by atoms with E-state index < -0.39 is 9.84 Å². The molecule has 0 unspecified atom stereocenters. The van der Waals surface area contributed by atoms with Crippen LogP contribution in [0.25, 0.3) is 11.3 Å². The van der Waals surface area contributed by atoms with Crippen LogP contribution in [0.4, 0.5) is 5.69 Å². The lowest BCUT2D eigenvalue weighted by Gasteiger charge is -2.11. The summed E-state index contributed by atoms with van der Waals surface area (Å²) in [5, 5.41) is 10.4. The van der Waals surface area contributed by atoms with E-state index in [2.05, 4.69) is 15.5 Å². The van der Waals surface area contributed by atoms with E-state index >= 15 is 0 Å². The minimum Gasteiger partial charge on any atom is -0.497 e. The Morgan fingerprint density at radius 2 is 1.66 bits per heavy atom. The predicted molar refractivity (Wildman–Crippen MR) is 108 cm³/mol. The smallest absolute Gasteiger partial charge is 0.259 e. The molecule has 0 spiro atoms. The number of anilines is 1. The number of hydrogen-bond donors (Lipinski definition) is 1. The molecule has 1 heterocycles. The third-order valence-electron chi connectivity index (χ3n) is 4.11. The molecule has 29 heavy (non-hydrogen) atoms. The van der Waals surface area contributed by atoms with Gasteiger partial charge in [-0.2, -0.15) is 0 Å².